The van der Waals surface area contributed by atoms with Crippen molar-refractivity contribution in [3.8, 4) is 5.75 Å². The first-order valence-corrected chi connectivity index (χ1v) is 5.53. The molecule has 0 saturated carbocycles. The lowest BCUT2D eigenvalue weighted by Crippen LogP contribution is -2.12. The van der Waals surface area contributed by atoms with Crippen molar-refractivity contribution in [1.29, 1.82) is 0 Å². The maximum absolute atomic E-state index is 12.8. The summed E-state index contributed by atoms with van der Waals surface area (Å²) in [6, 6.07) is 2.74. The van der Waals surface area contributed by atoms with Gasteiger partial charge in [-0.05, 0) is 24.1 Å². The van der Waals surface area contributed by atoms with E-state index < -0.39 is 37.2 Å². The predicted octanol–water partition coefficient (Wildman–Crippen LogP) is 3.37. The second-order valence-electron chi connectivity index (χ2n) is 3.91. The van der Waals surface area contributed by atoms with Crippen LogP contribution in [0.2, 0.25) is 0 Å². The molecule has 1 aromatic carbocycles. The summed E-state index contributed by atoms with van der Waals surface area (Å²) in [6.45, 7) is -1.01. The average molecular weight is 298 g/mol. The van der Waals surface area contributed by atoms with Crippen LogP contribution in [0.25, 0.3) is 0 Å². The number of halogens is 5. The summed E-state index contributed by atoms with van der Waals surface area (Å²) in [5, 5.41) is 8.48. The third-order valence-electron chi connectivity index (χ3n) is 2.37. The zero-order valence-corrected chi connectivity index (χ0v) is 10.1. The molecule has 0 bridgehead atoms. The number of carbonyl (C=O) groups is 1. The Hall–Kier alpha value is -1.86. The van der Waals surface area contributed by atoms with Gasteiger partial charge >= 0.3 is 12.1 Å². The fraction of sp³-hybridized carbons (Fsp3) is 0.417. The highest BCUT2D eigenvalue weighted by Crippen LogP contribution is 2.35. The molecule has 1 aromatic rings. The Bertz CT molecular complexity index is 471. The molecule has 0 radical (unpaired) electrons. The van der Waals surface area contributed by atoms with E-state index in [0.29, 0.717) is 6.07 Å². The summed E-state index contributed by atoms with van der Waals surface area (Å²) in [6.07, 6.45) is -8.27. The number of alkyl halides is 5. The number of benzene rings is 1. The van der Waals surface area contributed by atoms with E-state index in [2.05, 4.69) is 4.74 Å². The van der Waals surface area contributed by atoms with Gasteiger partial charge in [0.15, 0.2) is 0 Å². The Balaban J connectivity index is 2.98. The Labute approximate surface area is 111 Å². The van der Waals surface area contributed by atoms with Gasteiger partial charge < -0.3 is 9.84 Å². The Morgan fingerprint density at radius 2 is 1.95 bits per heavy atom. The Kier molecular flexibility index (Phi) is 5.29. The number of hydrogen-bond donors (Lipinski definition) is 1. The first kappa shape index (κ1) is 16.2. The number of aliphatic carboxylic acids is 1. The monoisotopic (exact) mass is 298 g/mol. The van der Waals surface area contributed by atoms with Gasteiger partial charge in [0.2, 0.25) is 0 Å². The molecule has 3 nitrogen and oxygen atoms in total. The van der Waals surface area contributed by atoms with E-state index in [1.54, 1.807) is 0 Å². The highest BCUT2D eigenvalue weighted by atomic mass is 19.4. The van der Waals surface area contributed by atoms with Crippen molar-refractivity contribution in [2.45, 2.75) is 25.4 Å². The second kappa shape index (κ2) is 6.53. The van der Waals surface area contributed by atoms with E-state index in [1.165, 1.54) is 0 Å². The molecule has 0 aliphatic rings. The molecule has 8 heteroatoms. The van der Waals surface area contributed by atoms with Crippen LogP contribution in [0.1, 0.15) is 17.5 Å². The lowest BCUT2D eigenvalue weighted by Gasteiger charge is -2.14. The predicted molar refractivity (Wildman–Crippen MR) is 58.9 cm³/mol. The fourth-order valence-corrected chi connectivity index (χ4v) is 1.53. The van der Waals surface area contributed by atoms with E-state index in [4.69, 9.17) is 5.11 Å². The summed E-state index contributed by atoms with van der Waals surface area (Å²) in [7, 11) is 0. The molecule has 20 heavy (non-hydrogen) atoms. The normalized spacial score (nSPS) is 11.7. The molecule has 0 aliphatic heterocycles. The third kappa shape index (κ3) is 5.02. The van der Waals surface area contributed by atoms with Gasteiger partial charge in [0, 0.05) is 6.42 Å². The van der Waals surface area contributed by atoms with Crippen molar-refractivity contribution in [3.63, 3.8) is 0 Å². The Morgan fingerprint density at radius 3 is 2.45 bits per heavy atom. The molecule has 1 N–H and O–H groups in total. The summed E-state index contributed by atoms with van der Waals surface area (Å²) in [5.41, 5.74) is -1.30. The molecule has 0 atom stereocenters. The summed E-state index contributed by atoms with van der Waals surface area (Å²) < 4.78 is 66.8. The van der Waals surface area contributed by atoms with Crippen LogP contribution in [0.4, 0.5) is 22.0 Å². The molecule has 0 aromatic heterocycles. The van der Waals surface area contributed by atoms with Crippen LogP contribution in [0, 0.1) is 0 Å². The van der Waals surface area contributed by atoms with Crippen molar-refractivity contribution in [1.82, 2.24) is 0 Å². The first-order chi connectivity index (χ1) is 9.20. The molecule has 112 valence electrons. The maximum Gasteiger partial charge on any atom is 0.416 e. The molecule has 0 heterocycles. The number of carboxylic acids is 1. The molecule has 0 unspecified atom stereocenters. The number of hydrogen-bond acceptors (Lipinski definition) is 2. The SMILES string of the molecule is O=C(O)CCc1ccc(OCC(F)F)cc1C(F)(F)F. The van der Waals surface area contributed by atoms with Crippen LogP contribution in [0.3, 0.4) is 0 Å². The van der Waals surface area contributed by atoms with Crippen LogP contribution in [-0.4, -0.2) is 24.1 Å². The Morgan fingerprint density at radius 1 is 1.30 bits per heavy atom. The zero-order chi connectivity index (χ0) is 15.3. The van der Waals surface area contributed by atoms with E-state index in [-0.39, 0.29) is 17.7 Å². The van der Waals surface area contributed by atoms with Crippen molar-refractivity contribution in [2.75, 3.05) is 6.61 Å². The van der Waals surface area contributed by atoms with E-state index in [9.17, 15) is 26.7 Å². The van der Waals surface area contributed by atoms with Crippen LogP contribution in [-0.2, 0) is 17.4 Å². The quantitative estimate of drug-likeness (QED) is 0.819. The van der Waals surface area contributed by atoms with Crippen molar-refractivity contribution in [3.05, 3.63) is 29.3 Å². The highest BCUT2D eigenvalue weighted by molar-refractivity contribution is 5.67. The van der Waals surface area contributed by atoms with Crippen LogP contribution < -0.4 is 4.74 Å². The van der Waals surface area contributed by atoms with Gasteiger partial charge in [0.05, 0.1) is 5.56 Å². The van der Waals surface area contributed by atoms with Gasteiger partial charge in [-0.25, -0.2) is 8.78 Å². The lowest BCUT2D eigenvalue weighted by atomic mass is 10.0. The average Bonchev–Trinajstić information content (AvgIpc) is 2.33. The smallest absolute Gasteiger partial charge is 0.416 e. The van der Waals surface area contributed by atoms with Crippen molar-refractivity contribution in [2.24, 2.45) is 0 Å². The molecule has 1 rings (SSSR count). The summed E-state index contributed by atoms with van der Waals surface area (Å²) >= 11 is 0. The molecule has 0 spiro atoms. The zero-order valence-electron chi connectivity index (χ0n) is 10.1. The number of carboxylic acid groups (broad SMARTS) is 1. The number of ether oxygens (including phenoxy) is 1. The lowest BCUT2D eigenvalue weighted by molar-refractivity contribution is -0.140. The van der Waals surface area contributed by atoms with Gasteiger partial charge in [0.25, 0.3) is 6.43 Å². The van der Waals surface area contributed by atoms with Gasteiger partial charge in [0.1, 0.15) is 12.4 Å². The topological polar surface area (TPSA) is 46.5 Å². The van der Waals surface area contributed by atoms with Crippen molar-refractivity contribution >= 4 is 5.97 Å². The third-order valence-corrected chi connectivity index (χ3v) is 2.37. The largest absolute Gasteiger partial charge is 0.488 e. The minimum Gasteiger partial charge on any atom is -0.488 e. The minimum absolute atomic E-state index is 0.218. The number of rotatable bonds is 6. The van der Waals surface area contributed by atoms with Crippen LogP contribution in [0.15, 0.2) is 18.2 Å². The second-order valence-corrected chi connectivity index (χ2v) is 3.91. The molecule has 0 saturated heterocycles. The standard InChI is InChI=1S/C12H11F5O3/c13-10(14)6-20-8-3-1-7(2-4-11(18)19)9(5-8)12(15,16)17/h1,3,5,10H,2,4,6H2,(H,18,19). The van der Waals surface area contributed by atoms with Gasteiger partial charge in [-0.3, -0.25) is 4.79 Å². The van der Waals surface area contributed by atoms with E-state index >= 15 is 0 Å². The maximum atomic E-state index is 12.8. The van der Waals surface area contributed by atoms with E-state index in [0.717, 1.165) is 12.1 Å². The van der Waals surface area contributed by atoms with Crippen LogP contribution >= 0.6 is 0 Å². The van der Waals surface area contributed by atoms with Crippen LogP contribution in [0.5, 0.6) is 5.75 Å². The first-order valence-electron chi connectivity index (χ1n) is 5.53. The molecule has 0 aliphatic carbocycles. The van der Waals surface area contributed by atoms with Gasteiger partial charge in [-0.2, -0.15) is 13.2 Å². The minimum atomic E-state index is -4.71. The summed E-state index contributed by atoms with van der Waals surface area (Å²) in [4.78, 5) is 10.4. The van der Waals surface area contributed by atoms with Gasteiger partial charge in [-0.15, -0.1) is 0 Å². The molecular weight excluding hydrogens is 287 g/mol. The van der Waals surface area contributed by atoms with E-state index in [1.807, 2.05) is 0 Å². The van der Waals surface area contributed by atoms with Gasteiger partial charge in [-0.1, -0.05) is 6.07 Å². The number of aryl methyl sites for hydroxylation is 1. The molecule has 0 amide bonds. The van der Waals surface area contributed by atoms with Crippen molar-refractivity contribution < 1.29 is 36.6 Å². The highest BCUT2D eigenvalue weighted by Gasteiger charge is 2.33. The molecular formula is C12H11F5O3. The fourth-order valence-electron chi connectivity index (χ4n) is 1.53. The summed E-state index contributed by atoms with van der Waals surface area (Å²) in [5.74, 6) is -1.56. The molecule has 0 fully saturated rings.